The minimum atomic E-state index is -0.974. The molecule has 1 rings (SSSR count). The zero-order valence-corrected chi connectivity index (χ0v) is 10.9. The standard InChI is InChI=1S/C13H19N3O3/c1-2-11(13(18)19)16(8-12(15)17)7-9-5-3-4-6-10(9)14/h3-6,11H,2,7-8,14H2,1H3,(H2,15,17)(H,18,19). The zero-order chi connectivity index (χ0) is 14.4. The number of nitrogen functional groups attached to an aromatic ring is 1. The summed E-state index contributed by atoms with van der Waals surface area (Å²) in [5.74, 6) is -1.53. The molecule has 5 N–H and O–H groups in total. The molecule has 0 aromatic heterocycles. The Kier molecular flexibility index (Phi) is 5.32. The lowest BCUT2D eigenvalue weighted by molar-refractivity contribution is -0.144. The first-order valence-electron chi connectivity index (χ1n) is 6.04. The first-order chi connectivity index (χ1) is 8.95. The van der Waals surface area contributed by atoms with E-state index in [0.717, 1.165) is 5.56 Å². The Labute approximate surface area is 112 Å². The molecule has 1 unspecified atom stereocenters. The fourth-order valence-corrected chi connectivity index (χ4v) is 1.96. The number of nitrogens with zero attached hydrogens (tertiary/aromatic N) is 1. The quantitative estimate of drug-likeness (QED) is 0.619. The molecule has 0 saturated heterocycles. The number of rotatable bonds is 7. The molecule has 19 heavy (non-hydrogen) atoms. The van der Waals surface area contributed by atoms with Crippen LogP contribution >= 0.6 is 0 Å². The second-order valence-corrected chi connectivity index (χ2v) is 4.33. The first-order valence-corrected chi connectivity index (χ1v) is 6.04. The van der Waals surface area contributed by atoms with Gasteiger partial charge in [0.15, 0.2) is 0 Å². The maximum Gasteiger partial charge on any atom is 0.320 e. The van der Waals surface area contributed by atoms with Crippen molar-refractivity contribution in [1.82, 2.24) is 4.90 Å². The van der Waals surface area contributed by atoms with Crippen LogP contribution in [0.4, 0.5) is 5.69 Å². The first kappa shape index (κ1) is 15.0. The normalized spacial score (nSPS) is 12.3. The van der Waals surface area contributed by atoms with E-state index >= 15 is 0 Å². The molecule has 1 amide bonds. The van der Waals surface area contributed by atoms with E-state index in [0.29, 0.717) is 12.1 Å². The number of amides is 1. The summed E-state index contributed by atoms with van der Waals surface area (Å²) in [6.45, 7) is 1.92. The Morgan fingerprint density at radius 1 is 1.37 bits per heavy atom. The molecule has 0 aliphatic rings. The largest absolute Gasteiger partial charge is 0.480 e. The Hall–Kier alpha value is -2.08. The number of hydrogen-bond donors (Lipinski definition) is 3. The van der Waals surface area contributed by atoms with Crippen LogP contribution in [0.1, 0.15) is 18.9 Å². The van der Waals surface area contributed by atoms with Gasteiger partial charge in [-0.2, -0.15) is 0 Å². The van der Waals surface area contributed by atoms with Crippen molar-refractivity contribution in [3.05, 3.63) is 29.8 Å². The van der Waals surface area contributed by atoms with E-state index in [2.05, 4.69) is 0 Å². The van der Waals surface area contributed by atoms with Crippen LogP contribution < -0.4 is 11.5 Å². The van der Waals surface area contributed by atoms with Crippen LogP contribution in [-0.4, -0.2) is 34.5 Å². The third-order valence-electron chi connectivity index (χ3n) is 2.90. The van der Waals surface area contributed by atoms with Gasteiger partial charge in [0.1, 0.15) is 6.04 Å². The van der Waals surface area contributed by atoms with E-state index < -0.39 is 17.9 Å². The third-order valence-corrected chi connectivity index (χ3v) is 2.90. The van der Waals surface area contributed by atoms with Crippen molar-refractivity contribution in [3.63, 3.8) is 0 Å². The van der Waals surface area contributed by atoms with Crippen molar-refractivity contribution < 1.29 is 14.7 Å². The Morgan fingerprint density at radius 3 is 2.47 bits per heavy atom. The maximum absolute atomic E-state index is 11.2. The molecule has 0 aliphatic carbocycles. The Bertz CT molecular complexity index is 462. The average Bonchev–Trinajstić information content (AvgIpc) is 2.31. The molecule has 6 nitrogen and oxygen atoms in total. The Balaban J connectivity index is 2.94. The van der Waals surface area contributed by atoms with Gasteiger partial charge in [-0.3, -0.25) is 14.5 Å². The summed E-state index contributed by atoms with van der Waals surface area (Å²) in [6, 6.07) is 6.39. The molecule has 0 fully saturated rings. The highest BCUT2D eigenvalue weighted by molar-refractivity contribution is 5.78. The second-order valence-electron chi connectivity index (χ2n) is 4.33. The van der Waals surface area contributed by atoms with Gasteiger partial charge in [-0.1, -0.05) is 25.1 Å². The van der Waals surface area contributed by atoms with E-state index in [1.54, 1.807) is 25.1 Å². The van der Waals surface area contributed by atoms with Crippen LogP contribution in [0.5, 0.6) is 0 Å². The summed E-state index contributed by atoms with van der Waals surface area (Å²) in [5, 5.41) is 9.18. The SMILES string of the molecule is CCC(C(=O)O)N(CC(N)=O)Cc1ccccc1N. The molecule has 0 aliphatic heterocycles. The molecular formula is C13H19N3O3. The van der Waals surface area contributed by atoms with Gasteiger partial charge in [0, 0.05) is 12.2 Å². The number of carbonyl (C=O) groups is 2. The topological polar surface area (TPSA) is 110 Å². The molecular weight excluding hydrogens is 246 g/mol. The van der Waals surface area contributed by atoms with Gasteiger partial charge >= 0.3 is 5.97 Å². The van der Waals surface area contributed by atoms with Crippen molar-refractivity contribution >= 4 is 17.6 Å². The fourth-order valence-electron chi connectivity index (χ4n) is 1.96. The van der Waals surface area contributed by atoms with Gasteiger partial charge in [-0.05, 0) is 18.1 Å². The van der Waals surface area contributed by atoms with E-state index in [9.17, 15) is 14.7 Å². The summed E-state index contributed by atoms with van der Waals surface area (Å²) in [7, 11) is 0. The maximum atomic E-state index is 11.2. The molecule has 1 atom stereocenters. The van der Waals surface area contributed by atoms with Gasteiger partial charge in [0.2, 0.25) is 5.91 Å². The smallest absolute Gasteiger partial charge is 0.320 e. The molecule has 0 bridgehead atoms. The van der Waals surface area contributed by atoms with E-state index in [1.165, 1.54) is 4.90 Å². The molecule has 0 radical (unpaired) electrons. The van der Waals surface area contributed by atoms with Crippen LogP contribution in [-0.2, 0) is 16.1 Å². The molecule has 6 heteroatoms. The number of primary amides is 1. The number of carboxylic acids is 1. The predicted octanol–water partition coefficient (Wildman–Crippen LogP) is 0.419. The number of hydrogen-bond acceptors (Lipinski definition) is 4. The summed E-state index contributed by atoms with van der Waals surface area (Å²) in [5.41, 5.74) is 12.3. The van der Waals surface area contributed by atoms with Crippen molar-refractivity contribution in [3.8, 4) is 0 Å². The van der Waals surface area contributed by atoms with Crippen LogP contribution in [0, 0.1) is 0 Å². The highest BCUT2D eigenvalue weighted by Gasteiger charge is 2.25. The summed E-state index contributed by atoms with van der Waals surface area (Å²) in [4.78, 5) is 23.8. The number of benzene rings is 1. The lowest BCUT2D eigenvalue weighted by Gasteiger charge is -2.27. The highest BCUT2D eigenvalue weighted by Crippen LogP contribution is 2.16. The molecule has 0 spiro atoms. The monoisotopic (exact) mass is 265 g/mol. The minimum Gasteiger partial charge on any atom is -0.480 e. The van der Waals surface area contributed by atoms with Crippen LogP contribution in [0.25, 0.3) is 0 Å². The predicted molar refractivity (Wildman–Crippen MR) is 72.2 cm³/mol. The van der Waals surface area contributed by atoms with Crippen molar-refractivity contribution in [1.29, 1.82) is 0 Å². The zero-order valence-electron chi connectivity index (χ0n) is 10.9. The average molecular weight is 265 g/mol. The molecule has 104 valence electrons. The number of nitrogens with two attached hydrogens (primary N) is 2. The third kappa shape index (κ3) is 4.26. The lowest BCUT2D eigenvalue weighted by atomic mass is 10.1. The van der Waals surface area contributed by atoms with E-state index in [1.807, 2.05) is 6.07 Å². The number of anilines is 1. The van der Waals surface area contributed by atoms with Gasteiger partial charge in [0.05, 0.1) is 6.54 Å². The van der Waals surface area contributed by atoms with E-state index in [-0.39, 0.29) is 13.1 Å². The number of aliphatic carboxylic acids is 1. The number of carbonyl (C=O) groups excluding carboxylic acids is 1. The van der Waals surface area contributed by atoms with Crippen LogP contribution in [0.2, 0.25) is 0 Å². The fraction of sp³-hybridized carbons (Fsp3) is 0.385. The van der Waals surface area contributed by atoms with E-state index in [4.69, 9.17) is 11.5 Å². The lowest BCUT2D eigenvalue weighted by Crippen LogP contribution is -2.44. The summed E-state index contributed by atoms with van der Waals surface area (Å²) < 4.78 is 0. The van der Waals surface area contributed by atoms with Gasteiger partial charge in [-0.25, -0.2) is 0 Å². The van der Waals surface area contributed by atoms with Crippen LogP contribution in [0.15, 0.2) is 24.3 Å². The molecule has 0 saturated carbocycles. The highest BCUT2D eigenvalue weighted by atomic mass is 16.4. The van der Waals surface area contributed by atoms with Gasteiger partial charge < -0.3 is 16.6 Å². The van der Waals surface area contributed by atoms with Gasteiger partial charge in [0.25, 0.3) is 0 Å². The number of carboxylic acid groups (broad SMARTS) is 1. The molecule has 0 heterocycles. The van der Waals surface area contributed by atoms with Gasteiger partial charge in [-0.15, -0.1) is 0 Å². The molecule has 1 aromatic rings. The van der Waals surface area contributed by atoms with Crippen molar-refractivity contribution in [2.24, 2.45) is 5.73 Å². The molecule has 1 aromatic carbocycles. The van der Waals surface area contributed by atoms with Crippen molar-refractivity contribution in [2.75, 3.05) is 12.3 Å². The summed E-state index contributed by atoms with van der Waals surface area (Å²) >= 11 is 0. The Morgan fingerprint density at radius 2 is 2.00 bits per heavy atom. The van der Waals surface area contributed by atoms with Crippen molar-refractivity contribution in [2.45, 2.75) is 25.9 Å². The summed E-state index contributed by atoms with van der Waals surface area (Å²) in [6.07, 6.45) is 0.384. The second kappa shape index (κ2) is 6.75. The van der Waals surface area contributed by atoms with Crippen LogP contribution in [0.3, 0.4) is 0 Å². The number of para-hydroxylation sites is 1. The minimum absolute atomic E-state index is 0.112.